The highest BCUT2D eigenvalue weighted by atomic mass is 16.7. The van der Waals surface area contributed by atoms with Crippen LogP contribution in [0, 0.1) is 0 Å². The molecule has 1 aromatic rings. The molecule has 2 saturated heterocycles. The maximum absolute atomic E-state index is 12.3. The van der Waals surface area contributed by atoms with Crippen LogP contribution in [0.5, 0.6) is 0 Å². The summed E-state index contributed by atoms with van der Waals surface area (Å²) < 4.78 is 18.1. The monoisotopic (exact) mass is 383 g/mol. The summed E-state index contributed by atoms with van der Waals surface area (Å²) in [5, 5.41) is 19.1. The molecule has 3 N–H and O–H groups in total. The second-order valence-electron chi connectivity index (χ2n) is 7.07. The molecule has 0 saturated carbocycles. The van der Waals surface area contributed by atoms with E-state index in [4.69, 9.17) is 19.0 Å². The molecular formula is C17H25N3O7. The van der Waals surface area contributed by atoms with Gasteiger partial charge in [0.15, 0.2) is 12.1 Å². The van der Waals surface area contributed by atoms with Gasteiger partial charge in [0.25, 0.3) is 0 Å². The minimum Gasteiger partial charge on any atom is -0.394 e. The van der Waals surface area contributed by atoms with Gasteiger partial charge in [-0.3, -0.25) is 9.40 Å². The van der Waals surface area contributed by atoms with Crippen molar-refractivity contribution in [1.29, 1.82) is 0 Å². The summed E-state index contributed by atoms with van der Waals surface area (Å²) in [6.07, 6.45) is 2.45. The lowest BCUT2D eigenvalue weighted by atomic mass is 10.0. The molecule has 0 radical (unpaired) electrons. The average molecular weight is 383 g/mol. The summed E-state index contributed by atoms with van der Waals surface area (Å²) in [5.41, 5.74) is 3.09. The number of rotatable bonds is 5. The zero-order chi connectivity index (χ0) is 18.8. The highest BCUT2D eigenvalue weighted by Crippen LogP contribution is 2.29. The molecule has 10 nitrogen and oxygen atoms in total. The molecule has 2 fully saturated rings. The van der Waals surface area contributed by atoms with Crippen LogP contribution in [0.3, 0.4) is 0 Å². The fraction of sp³-hybridized carbons (Fsp3) is 0.765. The second-order valence-corrected chi connectivity index (χ2v) is 7.07. The van der Waals surface area contributed by atoms with Gasteiger partial charge >= 0.3 is 5.69 Å². The number of aliphatic hydroxyl groups excluding tert-OH is 2. The Morgan fingerprint density at radius 3 is 2.85 bits per heavy atom. The van der Waals surface area contributed by atoms with Crippen molar-refractivity contribution in [2.75, 3.05) is 25.3 Å². The van der Waals surface area contributed by atoms with Gasteiger partial charge in [0.1, 0.15) is 12.3 Å². The number of aromatic nitrogens is 2. The third-order valence-electron chi connectivity index (χ3n) is 5.11. The minimum absolute atomic E-state index is 0.0975. The number of anilines is 1. The van der Waals surface area contributed by atoms with Crippen LogP contribution < -0.4 is 11.2 Å². The smallest absolute Gasteiger partial charge is 0.351 e. The fourth-order valence-corrected chi connectivity index (χ4v) is 3.62. The third kappa shape index (κ3) is 4.15. The molecule has 2 unspecified atom stereocenters. The van der Waals surface area contributed by atoms with Crippen LogP contribution in [0.2, 0.25) is 0 Å². The van der Waals surface area contributed by atoms with Gasteiger partial charge in [0, 0.05) is 31.0 Å². The molecule has 4 heterocycles. The van der Waals surface area contributed by atoms with Crippen LogP contribution in [-0.4, -0.2) is 64.2 Å². The molecule has 0 spiro atoms. The molecule has 0 bridgehead atoms. The van der Waals surface area contributed by atoms with Crippen molar-refractivity contribution < 1.29 is 29.3 Å². The summed E-state index contributed by atoms with van der Waals surface area (Å²) in [6.45, 7) is 1.14. The molecule has 3 aliphatic rings. The number of ether oxygens (including phenoxy) is 3. The Labute approximate surface area is 156 Å². The highest BCUT2D eigenvalue weighted by Gasteiger charge is 2.35. The Hall–Kier alpha value is -1.56. The largest absolute Gasteiger partial charge is 0.394 e. The number of hydrogen-bond acceptors (Lipinski definition) is 9. The van der Waals surface area contributed by atoms with E-state index in [9.17, 15) is 15.0 Å². The molecule has 4 atom stereocenters. The van der Waals surface area contributed by atoms with E-state index in [-0.39, 0.29) is 25.4 Å². The van der Waals surface area contributed by atoms with E-state index in [0.29, 0.717) is 12.2 Å². The van der Waals surface area contributed by atoms with Gasteiger partial charge in [-0.2, -0.15) is 4.98 Å². The summed E-state index contributed by atoms with van der Waals surface area (Å²) in [4.78, 5) is 21.9. The normalized spacial score (nSPS) is 31.5. The molecule has 0 amide bonds. The maximum atomic E-state index is 12.3. The zero-order valence-corrected chi connectivity index (χ0v) is 15.0. The first kappa shape index (κ1) is 18.8. The van der Waals surface area contributed by atoms with Crippen LogP contribution >= 0.6 is 0 Å². The molecule has 0 aromatic carbocycles. The second kappa shape index (κ2) is 8.21. The Morgan fingerprint density at radius 1 is 1.30 bits per heavy atom. The molecule has 0 aliphatic carbocycles. The number of hydrogen-bond donors (Lipinski definition) is 3. The number of aliphatic hydroxyl groups is 2. The molecule has 1 aromatic heterocycles. The molecule has 3 aliphatic heterocycles. The molecule has 150 valence electrons. The van der Waals surface area contributed by atoms with Crippen molar-refractivity contribution in [3.63, 3.8) is 0 Å². The first-order valence-corrected chi connectivity index (χ1v) is 9.35. The Balaban J connectivity index is 1.42. The van der Waals surface area contributed by atoms with Crippen molar-refractivity contribution in [3.8, 4) is 0 Å². The number of nitrogens with one attached hydrogen (secondary N) is 1. The Kier molecular flexibility index (Phi) is 5.71. The first-order chi connectivity index (χ1) is 13.1. The van der Waals surface area contributed by atoms with E-state index >= 15 is 0 Å². The Bertz CT molecular complexity index is 706. The number of fused-ring (bicyclic) bond motifs is 1. The lowest BCUT2D eigenvalue weighted by Crippen LogP contribution is -2.34. The average Bonchev–Trinajstić information content (AvgIpc) is 3.07. The molecular weight excluding hydrogens is 358 g/mol. The van der Waals surface area contributed by atoms with E-state index in [1.807, 2.05) is 0 Å². The third-order valence-corrected chi connectivity index (χ3v) is 5.11. The molecule has 27 heavy (non-hydrogen) atoms. The topological polar surface area (TPSA) is 124 Å². The standard InChI is InChI=1S/C17H25N3O7/c21-9-13-12(22)7-14(26-13)20-8-10-6-11(27-19-16(10)18-17(20)23)2-3-15-24-4-1-5-25-15/h8,11-15,21-22H,1-7,9H2,(H,18,19,23)/t11?,12-,13+,14?/m0/s1. The van der Waals surface area contributed by atoms with E-state index in [0.717, 1.165) is 38.0 Å². The van der Waals surface area contributed by atoms with Gasteiger partial charge in [-0.25, -0.2) is 10.3 Å². The van der Waals surface area contributed by atoms with Crippen LogP contribution in [0.4, 0.5) is 5.82 Å². The summed E-state index contributed by atoms with van der Waals surface area (Å²) in [7, 11) is 0. The van der Waals surface area contributed by atoms with E-state index in [1.165, 1.54) is 4.57 Å². The SMILES string of the molecule is O=c1nc2c(cn1C1C[C@H](O)[C@@H](CO)O1)CC(CCC1OCCCO1)ON2. The van der Waals surface area contributed by atoms with Gasteiger partial charge in [0.2, 0.25) is 0 Å². The van der Waals surface area contributed by atoms with Crippen molar-refractivity contribution in [2.24, 2.45) is 0 Å². The van der Waals surface area contributed by atoms with Gasteiger partial charge in [-0.1, -0.05) is 0 Å². The van der Waals surface area contributed by atoms with Crippen LogP contribution in [0.15, 0.2) is 11.0 Å². The van der Waals surface area contributed by atoms with Crippen molar-refractivity contribution in [2.45, 2.75) is 62.9 Å². The van der Waals surface area contributed by atoms with E-state index in [2.05, 4.69) is 10.5 Å². The first-order valence-electron chi connectivity index (χ1n) is 9.35. The van der Waals surface area contributed by atoms with Gasteiger partial charge < -0.3 is 24.4 Å². The summed E-state index contributed by atoms with van der Waals surface area (Å²) in [6, 6.07) is 0. The van der Waals surface area contributed by atoms with Crippen molar-refractivity contribution in [3.05, 3.63) is 22.2 Å². The predicted octanol–water partition coefficient (Wildman–Crippen LogP) is -0.305. The fourth-order valence-electron chi connectivity index (χ4n) is 3.62. The maximum Gasteiger partial charge on any atom is 0.351 e. The lowest BCUT2D eigenvalue weighted by molar-refractivity contribution is -0.184. The summed E-state index contributed by atoms with van der Waals surface area (Å²) >= 11 is 0. The van der Waals surface area contributed by atoms with Crippen LogP contribution in [-0.2, 0) is 25.5 Å². The number of nitrogens with zero attached hydrogens (tertiary/aromatic N) is 2. The van der Waals surface area contributed by atoms with Crippen molar-refractivity contribution >= 4 is 5.82 Å². The predicted molar refractivity (Wildman–Crippen MR) is 91.9 cm³/mol. The van der Waals surface area contributed by atoms with E-state index in [1.54, 1.807) is 6.20 Å². The van der Waals surface area contributed by atoms with Gasteiger partial charge in [-0.05, 0) is 12.8 Å². The molecule has 10 heteroatoms. The highest BCUT2D eigenvalue weighted by molar-refractivity contribution is 5.42. The molecule has 4 rings (SSSR count). The van der Waals surface area contributed by atoms with Gasteiger partial charge in [-0.15, -0.1) is 0 Å². The Morgan fingerprint density at radius 2 is 2.11 bits per heavy atom. The van der Waals surface area contributed by atoms with Crippen LogP contribution in [0.25, 0.3) is 0 Å². The van der Waals surface area contributed by atoms with Crippen molar-refractivity contribution in [1.82, 2.24) is 9.55 Å². The summed E-state index contributed by atoms with van der Waals surface area (Å²) in [5.74, 6) is 0.398. The quantitative estimate of drug-likeness (QED) is 0.628. The minimum atomic E-state index is -0.812. The van der Waals surface area contributed by atoms with Crippen LogP contribution in [0.1, 0.15) is 37.5 Å². The van der Waals surface area contributed by atoms with E-state index < -0.39 is 24.1 Å². The lowest BCUT2D eigenvalue weighted by Gasteiger charge is -2.28. The van der Waals surface area contributed by atoms with Gasteiger partial charge in [0.05, 0.1) is 32.0 Å². The zero-order valence-electron chi connectivity index (χ0n) is 15.0.